The van der Waals surface area contributed by atoms with Crippen molar-refractivity contribution in [2.45, 2.75) is 6.42 Å². The number of carboxylic acids is 1. The molecule has 1 aromatic rings. The summed E-state index contributed by atoms with van der Waals surface area (Å²) in [4.78, 5) is 35.4. The van der Waals surface area contributed by atoms with Crippen molar-refractivity contribution < 1.29 is 24.2 Å². The van der Waals surface area contributed by atoms with Gasteiger partial charge in [-0.15, -0.1) is 0 Å². The molecule has 0 atom stereocenters. The van der Waals surface area contributed by atoms with E-state index in [1.165, 1.54) is 31.2 Å². The second-order valence-corrected chi connectivity index (χ2v) is 5.42. The van der Waals surface area contributed by atoms with Crippen LogP contribution < -0.4 is 5.32 Å². The number of rotatable bonds is 5. The molecule has 7 nitrogen and oxygen atoms in total. The molecule has 0 heterocycles. The summed E-state index contributed by atoms with van der Waals surface area (Å²) in [7, 11) is 2.78. The molecular weight excluding hydrogens is 391 g/mol. The van der Waals surface area contributed by atoms with E-state index in [0.29, 0.717) is 0 Å². The third kappa shape index (κ3) is 5.21. The van der Waals surface area contributed by atoms with E-state index < -0.39 is 18.0 Å². The number of anilines is 1. The van der Waals surface area contributed by atoms with E-state index in [-0.39, 0.29) is 24.2 Å². The summed E-state index contributed by atoms with van der Waals surface area (Å²) in [5, 5.41) is 11.6. The molecule has 0 aliphatic carbocycles. The van der Waals surface area contributed by atoms with E-state index in [4.69, 9.17) is 5.11 Å². The molecule has 1 aromatic carbocycles. The highest BCUT2D eigenvalue weighted by atomic mass is 127. The lowest BCUT2D eigenvalue weighted by atomic mass is 10.2. The quantitative estimate of drug-likeness (QED) is 0.576. The minimum Gasteiger partial charge on any atom is -0.478 e. The van der Waals surface area contributed by atoms with E-state index >= 15 is 0 Å². The number of amides is 2. The van der Waals surface area contributed by atoms with Gasteiger partial charge in [-0.2, -0.15) is 0 Å². The molecule has 0 saturated heterocycles. The largest absolute Gasteiger partial charge is 0.478 e. The summed E-state index contributed by atoms with van der Waals surface area (Å²) in [5.41, 5.74) is 0.217. The van der Waals surface area contributed by atoms with Crippen LogP contribution in [0, 0.1) is 3.57 Å². The minimum absolute atomic E-state index is 0.0108. The normalized spacial score (nSPS) is 9.86. The summed E-state index contributed by atoms with van der Waals surface area (Å²) in [6, 6.07) is 4.18. The molecule has 114 valence electrons. The average Bonchev–Trinajstić information content (AvgIpc) is 2.45. The third-order valence-electron chi connectivity index (χ3n) is 2.68. The van der Waals surface area contributed by atoms with Crippen LogP contribution >= 0.6 is 22.6 Å². The molecule has 1 rings (SSSR count). The Kier molecular flexibility index (Phi) is 6.40. The first-order chi connectivity index (χ1) is 9.85. The van der Waals surface area contributed by atoms with Crippen LogP contribution in [0.15, 0.2) is 18.2 Å². The highest BCUT2D eigenvalue weighted by Crippen LogP contribution is 2.19. The van der Waals surface area contributed by atoms with Gasteiger partial charge in [0.15, 0.2) is 0 Å². The van der Waals surface area contributed by atoms with Gasteiger partial charge in [-0.1, -0.05) is 0 Å². The summed E-state index contributed by atoms with van der Waals surface area (Å²) in [6.07, 6.45) is 0.0683. The van der Waals surface area contributed by atoms with Crippen molar-refractivity contribution >= 4 is 46.2 Å². The number of nitrogens with one attached hydrogen (secondary N) is 1. The maximum atomic E-state index is 11.9. The van der Waals surface area contributed by atoms with Crippen LogP contribution in [-0.2, 0) is 9.53 Å². The van der Waals surface area contributed by atoms with Gasteiger partial charge in [0.2, 0.25) is 0 Å². The molecule has 21 heavy (non-hydrogen) atoms. The minimum atomic E-state index is -1.12. The molecule has 0 aliphatic rings. The van der Waals surface area contributed by atoms with Crippen LogP contribution in [0.4, 0.5) is 10.5 Å². The average molecular weight is 406 g/mol. The molecule has 8 heteroatoms. The Balaban J connectivity index is 2.74. The zero-order valence-corrected chi connectivity index (χ0v) is 13.7. The fraction of sp³-hybridized carbons (Fsp3) is 0.308. The Labute approximate surface area is 135 Å². The van der Waals surface area contributed by atoms with Crippen LogP contribution in [0.2, 0.25) is 0 Å². The van der Waals surface area contributed by atoms with Crippen molar-refractivity contribution in [3.63, 3.8) is 0 Å². The van der Waals surface area contributed by atoms with Crippen molar-refractivity contribution in [3.05, 3.63) is 27.3 Å². The zero-order valence-electron chi connectivity index (χ0n) is 11.6. The molecule has 0 radical (unpaired) electrons. The van der Waals surface area contributed by atoms with Crippen LogP contribution in [0.3, 0.4) is 0 Å². The lowest BCUT2D eigenvalue weighted by Crippen LogP contribution is -2.33. The van der Waals surface area contributed by atoms with E-state index in [2.05, 4.69) is 10.1 Å². The number of aromatic carboxylic acids is 1. The van der Waals surface area contributed by atoms with Crippen molar-refractivity contribution in [1.29, 1.82) is 0 Å². The smallest absolute Gasteiger partial charge is 0.337 e. The van der Waals surface area contributed by atoms with Gasteiger partial charge in [-0.25, -0.2) is 9.59 Å². The topological polar surface area (TPSA) is 95.9 Å². The Bertz CT molecular complexity index is 561. The Morgan fingerprint density at radius 1 is 1.38 bits per heavy atom. The number of esters is 1. The molecule has 0 aromatic heterocycles. The number of benzene rings is 1. The summed E-state index contributed by atoms with van der Waals surface area (Å²) < 4.78 is 5.24. The number of hydrogen-bond donors (Lipinski definition) is 2. The SMILES string of the molecule is COC(=O)CCN(C)C(=O)Nc1ccc(I)cc1C(=O)O. The van der Waals surface area contributed by atoms with Gasteiger partial charge in [-0.05, 0) is 40.8 Å². The highest BCUT2D eigenvalue weighted by molar-refractivity contribution is 14.1. The van der Waals surface area contributed by atoms with E-state index in [1.54, 1.807) is 6.07 Å². The standard InChI is InChI=1S/C13H15IN2O5/c1-16(6-5-11(17)21-2)13(20)15-10-4-3-8(14)7-9(10)12(18)19/h3-4,7H,5-6H2,1-2H3,(H,15,20)(H,18,19). The molecular formula is C13H15IN2O5. The molecule has 0 spiro atoms. The van der Waals surface area contributed by atoms with Crippen molar-refractivity contribution in [3.8, 4) is 0 Å². The van der Waals surface area contributed by atoms with Gasteiger partial charge >= 0.3 is 18.0 Å². The molecule has 0 aliphatic heterocycles. The first-order valence-corrected chi connectivity index (χ1v) is 7.04. The molecule has 2 amide bonds. The number of nitrogens with zero attached hydrogens (tertiary/aromatic N) is 1. The van der Waals surface area contributed by atoms with Crippen LogP contribution in [0.25, 0.3) is 0 Å². The Hall–Kier alpha value is -1.84. The highest BCUT2D eigenvalue weighted by Gasteiger charge is 2.16. The number of ether oxygens (including phenoxy) is 1. The Morgan fingerprint density at radius 2 is 2.05 bits per heavy atom. The monoisotopic (exact) mass is 406 g/mol. The number of methoxy groups -OCH3 is 1. The van der Waals surface area contributed by atoms with E-state index in [0.717, 1.165) is 3.57 Å². The number of carbonyl (C=O) groups is 3. The van der Waals surface area contributed by atoms with Crippen LogP contribution in [-0.4, -0.2) is 48.7 Å². The summed E-state index contributed by atoms with van der Waals surface area (Å²) in [6.45, 7) is 0.172. The predicted molar refractivity (Wildman–Crippen MR) is 84.4 cm³/mol. The third-order valence-corrected chi connectivity index (χ3v) is 3.35. The van der Waals surface area contributed by atoms with Gasteiger partial charge < -0.3 is 20.1 Å². The number of halogens is 1. The second kappa shape index (κ2) is 7.81. The van der Waals surface area contributed by atoms with Crippen molar-refractivity contribution in [2.75, 3.05) is 26.0 Å². The fourth-order valence-electron chi connectivity index (χ4n) is 1.48. The van der Waals surface area contributed by atoms with Gasteiger partial charge in [-0.3, -0.25) is 4.79 Å². The number of carbonyl (C=O) groups excluding carboxylic acids is 2. The maximum Gasteiger partial charge on any atom is 0.337 e. The van der Waals surface area contributed by atoms with Gasteiger partial charge in [0.25, 0.3) is 0 Å². The second-order valence-electron chi connectivity index (χ2n) is 4.17. The van der Waals surface area contributed by atoms with Crippen molar-refractivity contribution in [2.24, 2.45) is 0 Å². The molecule has 0 fully saturated rings. The Morgan fingerprint density at radius 3 is 2.62 bits per heavy atom. The molecule has 0 bridgehead atoms. The molecule has 0 saturated carbocycles. The predicted octanol–water partition coefficient (Wildman–Crippen LogP) is 2.02. The molecule has 2 N–H and O–H groups in total. The summed E-state index contributed by atoms with van der Waals surface area (Å²) >= 11 is 1.99. The zero-order chi connectivity index (χ0) is 16.0. The first-order valence-electron chi connectivity index (χ1n) is 5.97. The summed E-state index contributed by atoms with van der Waals surface area (Å²) in [5.74, 6) is -1.55. The van der Waals surface area contributed by atoms with E-state index in [1.807, 2.05) is 22.6 Å². The van der Waals surface area contributed by atoms with Crippen LogP contribution in [0.1, 0.15) is 16.8 Å². The lowest BCUT2D eigenvalue weighted by Gasteiger charge is -2.18. The fourth-order valence-corrected chi connectivity index (χ4v) is 1.97. The van der Waals surface area contributed by atoms with E-state index in [9.17, 15) is 14.4 Å². The van der Waals surface area contributed by atoms with Crippen LogP contribution in [0.5, 0.6) is 0 Å². The van der Waals surface area contributed by atoms with Crippen molar-refractivity contribution in [1.82, 2.24) is 4.90 Å². The van der Waals surface area contributed by atoms with Gasteiger partial charge in [0.05, 0.1) is 24.8 Å². The van der Waals surface area contributed by atoms with Gasteiger partial charge in [0, 0.05) is 17.2 Å². The van der Waals surface area contributed by atoms with Gasteiger partial charge in [0.1, 0.15) is 0 Å². The number of carboxylic acid groups (broad SMARTS) is 1. The number of urea groups is 1. The molecule has 0 unspecified atom stereocenters. The lowest BCUT2D eigenvalue weighted by molar-refractivity contribution is -0.140. The maximum absolute atomic E-state index is 11.9. The first kappa shape index (κ1) is 17.2. The number of hydrogen-bond acceptors (Lipinski definition) is 4.